The van der Waals surface area contributed by atoms with Gasteiger partial charge in [-0.05, 0) is 11.8 Å². The maximum Gasteiger partial charge on any atom is 0.418 e. The van der Waals surface area contributed by atoms with Crippen LogP contribution in [0.2, 0.25) is 0 Å². The molecule has 0 aliphatic carbocycles. The molecule has 3 aliphatic heterocycles. The minimum atomic E-state index is -4.84. The number of carbonyl (C=O) groups excluding carboxylic acids is 2. The van der Waals surface area contributed by atoms with Crippen LogP contribution < -0.4 is 10.8 Å². The monoisotopic (exact) mass is 364 g/mol. The van der Waals surface area contributed by atoms with Crippen LogP contribution in [0.3, 0.4) is 0 Å². The maximum atomic E-state index is 12.4. The second-order valence-corrected chi connectivity index (χ2v) is 7.86. The quantitative estimate of drug-likeness (QED) is 0.402. The molecule has 3 saturated heterocycles. The Balaban J connectivity index is 1.74. The largest absolute Gasteiger partial charge is 0.418 e. The predicted molar refractivity (Wildman–Crippen MR) is 78.4 cm³/mol. The van der Waals surface area contributed by atoms with Crippen molar-refractivity contribution in [2.45, 2.75) is 38.5 Å². The first-order valence-corrected chi connectivity index (χ1v) is 8.88. The highest BCUT2D eigenvalue weighted by molar-refractivity contribution is 7.80. The number of fused-ring (bicyclic) bond motifs is 2. The molecule has 0 aromatic carbocycles. The van der Waals surface area contributed by atoms with Gasteiger partial charge in [0.2, 0.25) is 0 Å². The Labute approximate surface area is 139 Å². The topological polar surface area (TPSA) is 138 Å². The van der Waals surface area contributed by atoms with Crippen molar-refractivity contribution in [3.05, 3.63) is 0 Å². The van der Waals surface area contributed by atoms with Crippen molar-refractivity contribution in [1.82, 2.24) is 20.8 Å². The number of hydroxylamine groups is 3. The van der Waals surface area contributed by atoms with Crippen LogP contribution in [-0.4, -0.2) is 72.7 Å². The zero-order chi connectivity index (χ0) is 17.7. The molecule has 0 aromatic rings. The standard InChI is InChI=1S/C12H20N4O7S/c1-12(2)3-8(10(17)14-22-7-4-13-5-7)15-6-9(12)16(11(15)18)23-24(19,20)21/h7-9,13H,3-6H2,1-2H3,(H,14,17)(H,19,20,21). The van der Waals surface area contributed by atoms with Crippen LogP contribution in [0.15, 0.2) is 0 Å². The fourth-order valence-electron chi connectivity index (χ4n) is 3.14. The summed E-state index contributed by atoms with van der Waals surface area (Å²) in [5.74, 6) is -0.476. The first-order chi connectivity index (χ1) is 11.1. The van der Waals surface area contributed by atoms with E-state index in [1.165, 1.54) is 4.90 Å². The molecule has 24 heavy (non-hydrogen) atoms. The summed E-state index contributed by atoms with van der Waals surface area (Å²) in [5, 5.41) is 3.62. The van der Waals surface area contributed by atoms with Crippen molar-refractivity contribution in [2.75, 3.05) is 19.6 Å². The third-order valence-corrected chi connectivity index (χ3v) is 4.98. The highest BCUT2D eigenvalue weighted by Gasteiger charge is 2.57. The zero-order valence-corrected chi connectivity index (χ0v) is 14.1. The summed E-state index contributed by atoms with van der Waals surface area (Å²) < 4.78 is 35.2. The Morgan fingerprint density at radius 3 is 2.62 bits per heavy atom. The molecule has 3 fully saturated rings. The average molecular weight is 364 g/mol. The minimum Gasteiger partial charge on any atom is -0.311 e. The van der Waals surface area contributed by atoms with Gasteiger partial charge in [-0.3, -0.25) is 14.2 Å². The lowest BCUT2D eigenvalue weighted by molar-refractivity contribution is -0.148. The Hall–Kier alpha value is -1.47. The number of piperidine rings is 1. The molecule has 0 aromatic heterocycles. The van der Waals surface area contributed by atoms with E-state index in [0.717, 1.165) is 0 Å². The molecule has 2 unspecified atom stereocenters. The Bertz CT molecular complexity index is 648. The second kappa shape index (κ2) is 5.81. The van der Waals surface area contributed by atoms with E-state index < -0.39 is 39.8 Å². The van der Waals surface area contributed by atoms with Gasteiger partial charge >= 0.3 is 16.4 Å². The fraction of sp³-hybridized carbons (Fsp3) is 0.833. The van der Waals surface area contributed by atoms with Gasteiger partial charge in [-0.25, -0.2) is 10.3 Å². The minimum absolute atomic E-state index is 0.105. The van der Waals surface area contributed by atoms with Crippen LogP contribution in [0.4, 0.5) is 4.79 Å². The van der Waals surface area contributed by atoms with Crippen molar-refractivity contribution in [1.29, 1.82) is 0 Å². The van der Waals surface area contributed by atoms with Crippen molar-refractivity contribution >= 4 is 22.3 Å². The highest BCUT2D eigenvalue weighted by Crippen LogP contribution is 2.42. The van der Waals surface area contributed by atoms with Gasteiger partial charge in [0.15, 0.2) is 0 Å². The van der Waals surface area contributed by atoms with Crippen molar-refractivity contribution < 1.29 is 31.7 Å². The predicted octanol–water partition coefficient (Wildman–Crippen LogP) is -1.35. The van der Waals surface area contributed by atoms with E-state index in [4.69, 9.17) is 9.39 Å². The van der Waals surface area contributed by atoms with Gasteiger partial charge in [0.05, 0.1) is 6.04 Å². The number of amides is 3. The second-order valence-electron chi connectivity index (χ2n) is 6.85. The van der Waals surface area contributed by atoms with E-state index >= 15 is 0 Å². The van der Waals surface area contributed by atoms with Crippen molar-refractivity contribution in [3.63, 3.8) is 0 Å². The third kappa shape index (κ3) is 3.19. The molecular formula is C12H20N4O7S. The van der Waals surface area contributed by atoms with E-state index in [-0.39, 0.29) is 12.6 Å². The fourth-order valence-corrected chi connectivity index (χ4v) is 3.51. The molecule has 3 heterocycles. The van der Waals surface area contributed by atoms with Gasteiger partial charge in [-0.15, -0.1) is 4.28 Å². The molecule has 12 heteroatoms. The van der Waals surface area contributed by atoms with Crippen LogP contribution in [0.1, 0.15) is 20.3 Å². The SMILES string of the molecule is CC1(C)CC(C(=O)NOC2CNC2)N2CC1N(OS(=O)(=O)O)C2=O. The Kier molecular flexibility index (Phi) is 4.20. The van der Waals surface area contributed by atoms with Crippen LogP contribution in [0, 0.1) is 5.41 Å². The summed E-state index contributed by atoms with van der Waals surface area (Å²) in [6.45, 7) is 4.98. The summed E-state index contributed by atoms with van der Waals surface area (Å²) in [6, 6.07) is -2.20. The number of hydrogen-bond donors (Lipinski definition) is 3. The number of nitrogens with one attached hydrogen (secondary N) is 2. The number of nitrogens with zero attached hydrogens (tertiary/aromatic N) is 2. The normalized spacial score (nSPS) is 29.5. The summed E-state index contributed by atoms with van der Waals surface area (Å²) in [7, 11) is -4.84. The van der Waals surface area contributed by atoms with Gasteiger partial charge in [0.25, 0.3) is 5.91 Å². The average Bonchev–Trinajstić information content (AvgIpc) is 2.67. The summed E-state index contributed by atoms with van der Waals surface area (Å²) in [6.07, 6.45) is 0.194. The van der Waals surface area contributed by atoms with Gasteiger partial charge in [0, 0.05) is 19.6 Å². The molecule has 11 nitrogen and oxygen atoms in total. The molecule has 0 radical (unpaired) electrons. The lowest BCUT2D eigenvalue weighted by Gasteiger charge is -2.40. The van der Waals surface area contributed by atoms with E-state index in [0.29, 0.717) is 24.6 Å². The van der Waals surface area contributed by atoms with E-state index in [2.05, 4.69) is 15.1 Å². The lowest BCUT2D eigenvalue weighted by Crippen LogP contribution is -2.57. The molecule has 2 bridgehead atoms. The molecule has 0 spiro atoms. The van der Waals surface area contributed by atoms with Crippen LogP contribution in [0.5, 0.6) is 0 Å². The number of carbonyl (C=O) groups is 2. The van der Waals surface area contributed by atoms with E-state index in [9.17, 15) is 18.0 Å². The lowest BCUT2D eigenvalue weighted by atomic mass is 9.76. The van der Waals surface area contributed by atoms with Crippen LogP contribution >= 0.6 is 0 Å². The number of rotatable bonds is 5. The maximum absolute atomic E-state index is 12.4. The third-order valence-electron chi connectivity index (χ3n) is 4.63. The first-order valence-electron chi connectivity index (χ1n) is 7.51. The Morgan fingerprint density at radius 2 is 2.08 bits per heavy atom. The number of hydrogen-bond acceptors (Lipinski definition) is 7. The van der Waals surface area contributed by atoms with Crippen LogP contribution in [-0.2, 0) is 24.3 Å². The zero-order valence-electron chi connectivity index (χ0n) is 13.3. The van der Waals surface area contributed by atoms with Gasteiger partial charge < -0.3 is 10.2 Å². The summed E-state index contributed by atoms with van der Waals surface area (Å²) in [4.78, 5) is 31.2. The first kappa shape index (κ1) is 17.4. The molecule has 3 N–H and O–H groups in total. The van der Waals surface area contributed by atoms with Crippen molar-refractivity contribution in [2.24, 2.45) is 5.41 Å². The van der Waals surface area contributed by atoms with E-state index in [1.807, 2.05) is 0 Å². The molecule has 136 valence electrons. The molecular weight excluding hydrogens is 344 g/mol. The van der Waals surface area contributed by atoms with Gasteiger partial charge in [0.1, 0.15) is 12.1 Å². The summed E-state index contributed by atoms with van der Waals surface area (Å²) in [5.41, 5.74) is 1.75. The molecule has 3 amide bonds. The molecule has 3 aliphatic rings. The summed E-state index contributed by atoms with van der Waals surface area (Å²) >= 11 is 0. The van der Waals surface area contributed by atoms with E-state index in [1.54, 1.807) is 13.8 Å². The molecule has 2 atom stereocenters. The van der Waals surface area contributed by atoms with Gasteiger partial charge in [-0.1, -0.05) is 13.8 Å². The van der Waals surface area contributed by atoms with Crippen molar-refractivity contribution in [3.8, 4) is 0 Å². The Morgan fingerprint density at radius 1 is 1.42 bits per heavy atom. The van der Waals surface area contributed by atoms with Gasteiger partial charge in [-0.2, -0.15) is 13.5 Å². The van der Waals surface area contributed by atoms with Crippen LogP contribution in [0.25, 0.3) is 0 Å². The molecule has 3 rings (SSSR count). The highest BCUT2D eigenvalue weighted by atomic mass is 32.3. The smallest absolute Gasteiger partial charge is 0.311 e. The molecule has 0 saturated carbocycles. The number of urea groups is 1.